The lowest BCUT2D eigenvalue weighted by Crippen LogP contribution is -2.86. The minimum Gasteiger partial charge on any atom is -0.462 e. The molecular weight excluding hydrogens is 376 g/mol. The molecule has 2 saturated heterocycles. The predicted octanol–water partition coefficient (Wildman–Crippen LogP) is 2.80. The van der Waals surface area contributed by atoms with Gasteiger partial charge in [0, 0.05) is 29.4 Å². The van der Waals surface area contributed by atoms with Crippen molar-refractivity contribution in [3.8, 4) is 0 Å². The maximum Gasteiger partial charge on any atom is 0.315 e. The number of hydrogen-bond donors (Lipinski definition) is 2. The number of benzene rings is 1. The van der Waals surface area contributed by atoms with E-state index in [0.29, 0.717) is 11.8 Å². The van der Waals surface area contributed by atoms with E-state index in [1.807, 2.05) is 0 Å². The summed E-state index contributed by atoms with van der Waals surface area (Å²) in [6.45, 7) is 5.20. The van der Waals surface area contributed by atoms with Crippen molar-refractivity contribution in [1.82, 2.24) is 4.98 Å². The number of carbonyl (C=O) groups excluding carboxylic acids is 1. The van der Waals surface area contributed by atoms with E-state index in [-0.39, 0.29) is 29.0 Å². The highest BCUT2D eigenvalue weighted by Crippen LogP contribution is 2.62. The quantitative estimate of drug-likeness (QED) is 0.453. The fourth-order valence-corrected chi connectivity index (χ4v) is 7.12. The van der Waals surface area contributed by atoms with Crippen LogP contribution in [-0.4, -0.2) is 42.4 Å². The summed E-state index contributed by atoms with van der Waals surface area (Å²) in [6, 6.07) is 8.46. The highest BCUT2D eigenvalue weighted by Gasteiger charge is 2.65. The van der Waals surface area contributed by atoms with Gasteiger partial charge in [0.2, 0.25) is 0 Å². The van der Waals surface area contributed by atoms with Crippen LogP contribution in [0.15, 0.2) is 30.5 Å². The first-order valence-corrected chi connectivity index (χ1v) is 11.8. The third kappa shape index (κ3) is 2.93. The summed E-state index contributed by atoms with van der Waals surface area (Å²) in [5.74, 6) is 1.06. The van der Waals surface area contributed by atoms with Crippen LogP contribution < -0.4 is 5.32 Å². The van der Waals surface area contributed by atoms with E-state index in [9.17, 15) is 4.79 Å². The first kappa shape index (κ1) is 18.9. The van der Waals surface area contributed by atoms with Crippen molar-refractivity contribution in [2.45, 2.75) is 57.2 Å². The van der Waals surface area contributed by atoms with E-state index >= 15 is 0 Å². The van der Waals surface area contributed by atoms with E-state index in [2.05, 4.69) is 47.7 Å². The summed E-state index contributed by atoms with van der Waals surface area (Å²) in [5.41, 5.74) is 2.97. The molecule has 3 heterocycles. The first-order chi connectivity index (χ1) is 14.6. The Morgan fingerprint density at radius 2 is 2.13 bits per heavy atom. The number of aromatic nitrogens is 1. The lowest BCUT2D eigenvalue weighted by atomic mass is 9.53. The van der Waals surface area contributed by atoms with Crippen LogP contribution in [0, 0.1) is 23.2 Å². The van der Waals surface area contributed by atoms with Gasteiger partial charge in [0.1, 0.15) is 12.0 Å². The number of para-hydroxylation sites is 1. The summed E-state index contributed by atoms with van der Waals surface area (Å²) in [6.07, 6.45) is 9.11. The molecule has 0 amide bonds. The minimum atomic E-state index is 0.0419. The maximum absolute atomic E-state index is 12.7. The zero-order valence-corrected chi connectivity index (χ0v) is 17.9. The Kier molecular flexibility index (Phi) is 4.30. The number of H-pyrrole nitrogens is 1. The number of nitrogens with one attached hydrogen (secondary N) is 1. The van der Waals surface area contributed by atoms with Gasteiger partial charge in [-0.15, -0.1) is 0 Å². The lowest BCUT2D eigenvalue weighted by molar-refractivity contribution is -0.658. The fraction of sp³-hybridized carbons (Fsp3) is 0.640. The van der Waals surface area contributed by atoms with Gasteiger partial charge in [-0.1, -0.05) is 25.1 Å². The second-order valence-corrected chi connectivity index (χ2v) is 10.5. The number of epoxide rings is 1. The molecule has 1 aromatic carbocycles. The second kappa shape index (κ2) is 6.83. The number of fused-ring (bicyclic) bond motifs is 4. The summed E-state index contributed by atoms with van der Waals surface area (Å²) in [5, 5.41) is 3.64. The van der Waals surface area contributed by atoms with Crippen molar-refractivity contribution >= 4 is 16.9 Å². The topological polar surface area (TPSA) is 71.2 Å². The Labute approximate surface area is 177 Å². The van der Waals surface area contributed by atoms with Gasteiger partial charge < -0.3 is 19.8 Å². The highest BCUT2D eigenvalue weighted by atomic mass is 16.6. The highest BCUT2D eigenvalue weighted by molar-refractivity contribution is 5.83. The number of aromatic amines is 1. The van der Waals surface area contributed by atoms with Gasteiger partial charge in [-0.2, -0.15) is 0 Å². The van der Waals surface area contributed by atoms with Gasteiger partial charge in [-0.25, -0.2) is 0 Å². The van der Waals surface area contributed by atoms with E-state index in [0.717, 1.165) is 39.0 Å². The van der Waals surface area contributed by atoms with Gasteiger partial charge in [0.05, 0.1) is 25.3 Å². The Morgan fingerprint density at radius 3 is 3.00 bits per heavy atom. The number of nitrogens with two attached hydrogens (primary N) is 1. The molecule has 6 rings (SSSR count). The Morgan fingerprint density at radius 1 is 1.27 bits per heavy atom. The number of rotatable bonds is 5. The summed E-state index contributed by atoms with van der Waals surface area (Å²) in [4.78, 5) is 16.1. The van der Waals surface area contributed by atoms with Crippen molar-refractivity contribution in [2.24, 2.45) is 23.2 Å². The average molecular weight is 410 g/mol. The molecule has 2 aliphatic heterocycles. The third-order valence-electron chi connectivity index (χ3n) is 8.79. The van der Waals surface area contributed by atoms with E-state index in [1.54, 1.807) is 0 Å². The SMILES string of the molecule is C[C@]12CCC[C@@]3(CO3)[C@@H]1C[C@H]1[C@@H](C2)OC(=O)[C@@H]1C[NH2+]CCc1c[nH]c2ccccc12. The summed E-state index contributed by atoms with van der Waals surface area (Å²) >= 11 is 0. The minimum absolute atomic E-state index is 0.0419. The molecule has 2 aromatic rings. The molecule has 0 radical (unpaired) electrons. The maximum atomic E-state index is 12.7. The molecule has 6 atom stereocenters. The fourth-order valence-electron chi connectivity index (χ4n) is 7.12. The van der Waals surface area contributed by atoms with Gasteiger partial charge >= 0.3 is 5.97 Å². The average Bonchev–Trinajstić information content (AvgIpc) is 3.27. The van der Waals surface area contributed by atoms with Crippen molar-refractivity contribution in [2.75, 3.05) is 19.7 Å². The van der Waals surface area contributed by atoms with Crippen molar-refractivity contribution in [1.29, 1.82) is 0 Å². The lowest BCUT2D eigenvalue weighted by Gasteiger charge is -2.51. The van der Waals surface area contributed by atoms with Gasteiger partial charge in [-0.3, -0.25) is 4.79 Å². The van der Waals surface area contributed by atoms with E-state index < -0.39 is 0 Å². The molecule has 1 spiro atoms. The largest absolute Gasteiger partial charge is 0.462 e. The zero-order chi connectivity index (χ0) is 20.3. The molecule has 4 aliphatic rings. The van der Waals surface area contributed by atoms with Crippen molar-refractivity contribution in [3.05, 3.63) is 36.0 Å². The molecule has 5 heteroatoms. The number of hydrogen-bond acceptors (Lipinski definition) is 3. The summed E-state index contributed by atoms with van der Waals surface area (Å²) < 4.78 is 12.0. The first-order valence-electron chi connectivity index (χ1n) is 11.8. The molecule has 2 saturated carbocycles. The molecule has 4 fully saturated rings. The second-order valence-electron chi connectivity index (χ2n) is 10.5. The van der Waals surface area contributed by atoms with Crippen LogP contribution in [0.5, 0.6) is 0 Å². The smallest absolute Gasteiger partial charge is 0.315 e. The van der Waals surface area contributed by atoms with Crippen LogP contribution >= 0.6 is 0 Å². The Balaban J connectivity index is 1.10. The Bertz CT molecular complexity index is 964. The molecule has 0 bridgehead atoms. The molecule has 1 aromatic heterocycles. The zero-order valence-electron chi connectivity index (χ0n) is 17.9. The third-order valence-corrected chi connectivity index (χ3v) is 8.79. The molecule has 160 valence electrons. The predicted molar refractivity (Wildman–Crippen MR) is 114 cm³/mol. The molecule has 5 nitrogen and oxygen atoms in total. The molecule has 0 unspecified atom stereocenters. The van der Waals surface area contributed by atoms with Crippen LogP contribution in [0.25, 0.3) is 10.9 Å². The molecule has 3 N–H and O–H groups in total. The molecular formula is C25H33N2O3+. The van der Waals surface area contributed by atoms with Gasteiger partial charge in [-0.05, 0) is 55.1 Å². The summed E-state index contributed by atoms with van der Waals surface area (Å²) in [7, 11) is 0. The van der Waals surface area contributed by atoms with E-state index in [1.165, 1.54) is 35.7 Å². The van der Waals surface area contributed by atoms with Gasteiger partial charge in [0.15, 0.2) is 0 Å². The Hall–Kier alpha value is -1.85. The van der Waals surface area contributed by atoms with E-state index in [4.69, 9.17) is 9.47 Å². The number of esters is 1. The van der Waals surface area contributed by atoms with Crippen LogP contribution in [-0.2, 0) is 20.7 Å². The van der Waals surface area contributed by atoms with Crippen molar-refractivity contribution in [3.63, 3.8) is 0 Å². The monoisotopic (exact) mass is 409 g/mol. The normalized spacial score (nSPS) is 39.7. The molecule has 2 aliphatic carbocycles. The van der Waals surface area contributed by atoms with Crippen molar-refractivity contribution < 1.29 is 19.6 Å². The number of quaternary nitrogens is 1. The number of carbonyl (C=O) groups is 1. The van der Waals surface area contributed by atoms with Crippen LogP contribution in [0.4, 0.5) is 0 Å². The van der Waals surface area contributed by atoms with Crippen LogP contribution in [0.3, 0.4) is 0 Å². The number of ether oxygens (including phenoxy) is 2. The molecule has 30 heavy (non-hydrogen) atoms. The van der Waals surface area contributed by atoms with Crippen LogP contribution in [0.1, 0.15) is 44.6 Å². The standard InChI is InChI=1S/C25H32N2O3/c1-24-8-4-9-25(15-29-25)22(24)11-18-19(23(28)30-21(18)12-24)14-26-10-7-16-13-27-20-6-3-2-5-17(16)20/h2-3,5-6,13,18-19,21-22,26-27H,4,7-12,14-15H2,1H3/p+1/t18-,19-,21-,22-,24-,25-/m1/s1. The van der Waals surface area contributed by atoms with Gasteiger partial charge in [0.25, 0.3) is 0 Å². The van der Waals surface area contributed by atoms with Crippen LogP contribution in [0.2, 0.25) is 0 Å².